The Balaban J connectivity index is 2.26. The smallest absolute Gasteiger partial charge is 0.241 e. The molecule has 0 atom stereocenters. The van der Waals surface area contributed by atoms with E-state index in [1.165, 1.54) is 6.08 Å². The van der Waals surface area contributed by atoms with Crippen LogP contribution in [0.5, 0.6) is 0 Å². The van der Waals surface area contributed by atoms with Gasteiger partial charge in [0.1, 0.15) is 0 Å². The minimum atomic E-state index is -0.510. The van der Waals surface area contributed by atoms with E-state index in [0.29, 0.717) is 0 Å². The van der Waals surface area contributed by atoms with Gasteiger partial charge in [0.05, 0.1) is 5.60 Å². The van der Waals surface area contributed by atoms with Gasteiger partial charge in [0.15, 0.2) is 0 Å². The summed E-state index contributed by atoms with van der Waals surface area (Å²) in [7, 11) is 0. The SMILES string of the molecule is CC1(O)CCN(CC=CC(N)=O)CC1. The fourth-order valence-corrected chi connectivity index (χ4v) is 1.54. The lowest BCUT2D eigenvalue weighted by Crippen LogP contribution is -2.42. The number of carbonyl (C=O) groups is 1. The number of nitrogens with two attached hydrogens (primary N) is 1. The topological polar surface area (TPSA) is 66.6 Å². The molecule has 0 saturated carbocycles. The first kappa shape index (κ1) is 11.2. The molecule has 0 radical (unpaired) electrons. The van der Waals surface area contributed by atoms with Crippen LogP contribution in [-0.4, -0.2) is 41.1 Å². The summed E-state index contributed by atoms with van der Waals surface area (Å²) in [5.74, 6) is -0.408. The standard InChI is InChI=1S/C10H18N2O2/c1-10(14)4-7-12(8-5-10)6-2-3-9(11)13/h2-3,14H,4-8H2,1H3,(H2,11,13). The Morgan fingerprint density at radius 3 is 2.64 bits per heavy atom. The van der Waals surface area contributed by atoms with Crippen LogP contribution < -0.4 is 5.73 Å². The summed E-state index contributed by atoms with van der Waals surface area (Å²) in [6, 6.07) is 0. The molecule has 1 fully saturated rings. The normalized spacial score (nSPS) is 22.7. The molecule has 0 spiro atoms. The van der Waals surface area contributed by atoms with Gasteiger partial charge in [-0.05, 0) is 25.8 Å². The number of primary amides is 1. The van der Waals surface area contributed by atoms with Crippen molar-refractivity contribution in [3.63, 3.8) is 0 Å². The predicted octanol–water partition coefficient (Wildman–Crippen LogP) is -0.125. The maximum Gasteiger partial charge on any atom is 0.241 e. The van der Waals surface area contributed by atoms with Crippen molar-refractivity contribution in [3.8, 4) is 0 Å². The molecule has 14 heavy (non-hydrogen) atoms. The van der Waals surface area contributed by atoms with Crippen molar-refractivity contribution >= 4 is 5.91 Å². The molecule has 0 unspecified atom stereocenters. The molecule has 1 saturated heterocycles. The van der Waals surface area contributed by atoms with E-state index < -0.39 is 11.5 Å². The van der Waals surface area contributed by atoms with Crippen molar-refractivity contribution in [1.29, 1.82) is 0 Å². The van der Waals surface area contributed by atoms with Crippen molar-refractivity contribution < 1.29 is 9.90 Å². The molecule has 0 bridgehead atoms. The van der Waals surface area contributed by atoms with Crippen LogP contribution in [0.1, 0.15) is 19.8 Å². The van der Waals surface area contributed by atoms with Gasteiger partial charge in [0, 0.05) is 19.6 Å². The number of amides is 1. The highest BCUT2D eigenvalue weighted by atomic mass is 16.3. The zero-order valence-corrected chi connectivity index (χ0v) is 8.57. The molecule has 80 valence electrons. The molecule has 4 heteroatoms. The van der Waals surface area contributed by atoms with Crippen LogP contribution in [0.2, 0.25) is 0 Å². The van der Waals surface area contributed by atoms with Gasteiger partial charge >= 0.3 is 0 Å². The first-order valence-electron chi connectivity index (χ1n) is 4.90. The highest BCUT2D eigenvalue weighted by Crippen LogP contribution is 2.20. The number of hydrogen-bond acceptors (Lipinski definition) is 3. The maximum atomic E-state index is 10.4. The fraction of sp³-hybridized carbons (Fsp3) is 0.700. The number of aliphatic hydroxyl groups is 1. The molecule has 0 aliphatic carbocycles. The molecular formula is C10H18N2O2. The summed E-state index contributed by atoms with van der Waals surface area (Å²) in [4.78, 5) is 12.6. The Hall–Kier alpha value is -0.870. The second-order valence-corrected chi connectivity index (χ2v) is 4.10. The molecule has 1 aliphatic rings. The summed E-state index contributed by atoms with van der Waals surface area (Å²) in [6.07, 6.45) is 4.73. The lowest BCUT2D eigenvalue weighted by atomic mass is 9.94. The van der Waals surface area contributed by atoms with Crippen LogP contribution in [0.4, 0.5) is 0 Å². The van der Waals surface area contributed by atoms with E-state index in [-0.39, 0.29) is 0 Å². The Kier molecular flexibility index (Phi) is 3.66. The second kappa shape index (κ2) is 4.57. The van der Waals surface area contributed by atoms with Crippen LogP contribution in [0.15, 0.2) is 12.2 Å². The summed E-state index contributed by atoms with van der Waals surface area (Å²) in [6.45, 7) is 4.34. The third-order valence-electron chi connectivity index (χ3n) is 2.58. The molecule has 3 N–H and O–H groups in total. The molecule has 0 aromatic carbocycles. The van der Waals surface area contributed by atoms with E-state index >= 15 is 0 Å². The minimum absolute atomic E-state index is 0.408. The van der Waals surface area contributed by atoms with E-state index in [1.54, 1.807) is 6.08 Å². The van der Waals surface area contributed by atoms with Crippen LogP contribution in [0.25, 0.3) is 0 Å². The van der Waals surface area contributed by atoms with E-state index in [2.05, 4.69) is 4.90 Å². The van der Waals surface area contributed by atoms with E-state index in [9.17, 15) is 9.90 Å². The van der Waals surface area contributed by atoms with Gasteiger partial charge in [0.25, 0.3) is 0 Å². The van der Waals surface area contributed by atoms with Gasteiger partial charge < -0.3 is 10.8 Å². The number of rotatable bonds is 3. The average Bonchev–Trinajstić information content (AvgIpc) is 2.07. The van der Waals surface area contributed by atoms with Crippen molar-refractivity contribution in [2.75, 3.05) is 19.6 Å². The quantitative estimate of drug-likeness (QED) is 0.621. The second-order valence-electron chi connectivity index (χ2n) is 4.10. The molecule has 0 aromatic heterocycles. The highest BCUT2D eigenvalue weighted by molar-refractivity contribution is 5.85. The summed E-state index contributed by atoms with van der Waals surface area (Å²) in [5, 5.41) is 9.69. The average molecular weight is 198 g/mol. The van der Waals surface area contributed by atoms with Crippen molar-refractivity contribution in [2.45, 2.75) is 25.4 Å². The largest absolute Gasteiger partial charge is 0.390 e. The zero-order chi connectivity index (χ0) is 10.6. The molecule has 0 aromatic rings. The predicted molar refractivity (Wildman–Crippen MR) is 54.6 cm³/mol. The zero-order valence-electron chi connectivity index (χ0n) is 8.57. The van der Waals surface area contributed by atoms with Crippen molar-refractivity contribution in [2.24, 2.45) is 5.73 Å². The van der Waals surface area contributed by atoms with Gasteiger partial charge in [-0.15, -0.1) is 0 Å². The van der Waals surface area contributed by atoms with Crippen molar-refractivity contribution in [3.05, 3.63) is 12.2 Å². The molecule has 1 rings (SSSR count). The number of likely N-dealkylation sites (tertiary alicyclic amines) is 1. The highest BCUT2D eigenvalue weighted by Gasteiger charge is 2.26. The van der Waals surface area contributed by atoms with Crippen LogP contribution in [0, 0.1) is 0 Å². The monoisotopic (exact) mass is 198 g/mol. The van der Waals surface area contributed by atoms with Crippen LogP contribution >= 0.6 is 0 Å². The van der Waals surface area contributed by atoms with Gasteiger partial charge in [-0.2, -0.15) is 0 Å². The summed E-state index contributed by atoms with van der Waals surface area (Å²) < 4.78 is 0. The first-order chi connectivity index (χ1) is 6.49. The van der Waals surface area contributed by atoms with Gasteiger partial charge in [-0.25, -0.2) is 0 Å². The fourth-order valence-electron chi connectivity index (χ4n) is 1.54. The lowest BCUT2D eigenvalue weighted by Gasteiger charge is -2.35. The molecule has 4 nitrogen and oxygen atoms in total. The third-order valence-corrected chi connectivity index (χ3v) is 2.58. The van der Waals surface area contributed by atoms with Gasteiger partial charge in [0.2, 0.25) is 5.91 Å². The Bertz CT molecular complexity index is 226. The third kappa shape index (κ3) is 3.89. The first-order valence-corrected chi connectivity index (χ1v) is 4.90. The molecule has 1 heterocycles. The lowest BCUT2D eigenvalue weighted by molar-refractivity contribution is -0.113. The summed E-state index contributed by atoms with van der Waals surface area (Å²) >= 11 is 0. The molecule has 1 amide bonds. The Labute approximate surface area is 84.4 Å². The van der Waals surface area contributed by atoms with Crippen LogP contribution in [0.3, 0.4) is 0 Å². The minimum Gasteiger partial charge on any atom is -0.390 e. The number of piperidine rings is 1. The van der Waals surface area contributed by atoms with Crippen LogP contribution in [-0.2, 0) is 4.79 Å². The summed E-state index contributed by atoms with van der Waals surface area (Å²) in [5.41, 5.74) is 4.46. The molecule has 1 aliphatic heterocycles. The number of hydrogen-bond donors (Lipinski definition) is 2. The van der Waals surface area contributed by atoms with Crippen molar-refractivity contribution in [1.82, 2.24) is 4.90 Å². The maximum absolute atomic E-state index is 10.4. The Morgan fingerprint density at radius 1 is 1.57 bits per heavy atom. The molecular weight excluding hydrogens is 180 g/mol. The van der Waals surface area contributed by atoms with E-state index in [4.69, 9.17) is 5.73 Å². The Morgan fingerprint density at radius 2 is 2.14 bits per heavy atom. The number of nitrogens with zero attached hydrogens (tertiary/aromatic N) is 1. The van der Waals surface area contributed by atoms with E-state index in [0.717, 1.165) is 32.5 Å². The van der Waals surface area contributed by atoms with Gasteiger partial charge in [-0.1, -0.05) is 6.08 Å². The number of carbonyl (C=O) groups excluding carboxylic acids is 1. The van der Waals surface area contributed by atoms with E-state index in [1.807, 2.05) is 6.92 Å². The van der Waals surface area contributed by atoms with Gasteiger partial charge in [-0.3, -0.25) is 9.69 Å².